The molecular weight excluding hydrogens is 449 g/mol. The van der Waals surface area contributed by atoms with Gasteiger partial charge < -0.3 is 10.6 Å². The normalized spacial score (nSPS) is 19.4. The number of nitrogens with two attached hydrogens (primary N) is 1. The number of nitrogens with zero attached hydrogens (tertiary/aromatic N) is 4. The molecule has 1 aliphatic carbocycles. The maximum absolute atomic E-state index is 14.0. The molecular formula is C22H23BrFN5O. The van der Waals surface area contributed by atoms with Crippen LogP contribution in [-0.4, -0.2) is 31.9 Å². The predicted molar refractivity (Wildman–Crippen MR) is 116 cm³/mol. The van der Waals surface area contributed by atoms with Crippen LogP contribution in [0.25, 0.3) is 5.65 Å². The van der Waals surface area contributed by atoms with Gasteiger partial charge in [-0.1, -0.05) is 0 Å². The molecule has 2 N–H and O–H groups in total. The number of piperidine rings is 1. The van der Waals surface area contributed by atoms with Crippen molar-refractivity contribution < 1.29 is 9.18 Å². The lowest BCUT2D eigenvalue weighted by atomic mass is 9.98. The van der Waals surface area contributed by atoms with Crippen LogP contribution >= 0.6 is 15.9 Å². The topological polar surface area (TPSA) is 76.5 Å². The SMILES string of the molecule is Cc1cc(C2CC2)nc2cc(C3CCCCN3C(=O)c3cc(F)cc(Br)c3N)nn12. The van der Waals surface area contributed by atoms with Crippen molar-refractivity contribution in [2.45, 2.75) is 51.0 Å². The van der Waals surface area contributed by atoms with Crippen molar-refractivity contribution in [1.29, 1.82) is 0 Å². The van der Waals surface area contributed by atoms with Crippen LogP contribution in [0.2, 0.25) is 0 Å². The van der Waals surface area contributed by atoms with Crippen molar-refractivity contribution in [2.24, 2.45) is 0 Å². The Labute approximate surface area is 182 Å². The number of amides is 1. The zero-order valence-corrected chi connectivity index (χ0v) is 18.3. The number of benzene rings is 1. The summed E-state index contributed by atoms with van der Waals surface area (Å²) in [5.74, 6) is -0.194. The van der Waals surface area contributed by atoms with Gasteiger partial charge >= 0.3 is 0 Å². The van der Waals surface area contributed by atoms with E-state index >= 15 is 0 Å². The Morgan fingerprint density at radius 2 is 1.97 bits per heavy atom. The number of fused-ring (bicyclic) bond motifs is 1. The molecule has 2 fully saturated rings. The second kappa shape index (κ2) is 7.34. The summed E-state index contributed by atoms with van der Waals surface area (Å²) < 4.78 is 16.2. The zero-order valence-electron chi connectivity index (χ0n) is 16.7. The van der Waals surface area contributed by atoms with Gasteiger partial charge in [0.2, 0.25) is 0 Å². The summed E-state index contributed by atoms with van der Waals surface area (Å²) >= 11 is 3.24. The van der Waals surface area contributed by atoms with Crippen LogP contribution < -0.4 is 5.73 Å². The van der Waals surface area contributed by atoms with E-state index in [1.165, 1.54) is 25.0 Å². The lowest BCUT2D eigenvalue weighted by molar-refractivity contribution is 0.0606. The maximum atomic E-state index is 14.0. The monoisotopic (exact) mass is 471 g/mol. The fourth-order valence-electron chi connectivity index (χ4n) is 4.32. The number of likely N-dealkylation sites (tertiary alicyclic amines) is 1. The molecule has 0 spiro atoms. The van der Waals surface area contributed by atoms with Crippen LogP contribution in [0.15, 0.2) is 28.7 Å². The molecule has 1 unspecified atom stereocenters. The minimum Gasteiger partial charge on any atom is -0.397 e. The molecule has 1 saturated carbocycles. The number of aromatic nitrogens is 3. The molecule has 2 aromatic heterocycles. The standard InChI is InChI=1S/C22H23BrFN5O/c1-12-8-17(13-5-6-13)26-20-11-18(27-29(12)20)19-4-2-3-7-28(19)22(30)15-9-14(24)10-16(23)21(15)25/h8-11,13,19H,2-7,25H2,1H3. The van der Waals surface area contributed by atoms with E-state index in [1.807, 2.05) is 17.5 Å². The quantitative estimate of drug-likeness (QED) is 0.558. The average Bonchev–Trinajstić information content (AvgIpc) is 3.49. The second-order valence-electron chi connectivity index (χ2n) is 8.29. The fraction of sp³-hybridized carbons (Fsp3) is 0.409. The Morgan fingerprint density at radius 1 is 1.17 bits per heavy atom. The van der Waals surface area contributed by atoms with E-state index in [4.69, 9.17) is 15.8 Å². The summed E-state index contributed by atoms with van der Waals surface area (Å²) in [6, 6.07) is 6.40. The number of hydrogen-bond acceptors (Lipinski definition) is 4. The minimum absolute atomic E-state index is 0.182. The molecule has 1 aromatic carbocycles. The van der Waals surface area contributed by atoms with Gasteiger partial charge in [-0.05, 0) is 73.2 Å². The number of nitrogen functional groups attached to an aromatic ring is 1. The first-order valence-corrected chi connectivity index (χ1v) is 11.1. The van der Waals surface area contributed by atoms with Crippen LogP contribution in [-0.2, 0) is 0 Å². The highest BCUT2D eigenvalue weighted by atomic mass is 79.9. The van der Waals surface area contributed by atoms with Gasteiger partial charge in [-0.2, -0.15) is 5.10 Å². The average molecular weight is 472 g/mol. The predicted octanol–water partition coefficient (Wildman–Crippen LogP) is 4.77. The Kier molecular flexibility index (Phi) is 4.76. The van der Waals surface area contributed by atoms with E-state index in [-0.39, 0.29) is 23.2 Å². The molecule has 1 aliphatic heterocycles. The van der Waals surface area contributed by atoms with Gasteiger partial charge in [-0.15, -0.1) is 0 Å². The van der Waals surface area contributed by atoms with Crippen molar-refractivity contribution >= 4 is 33.2 Å². The third-order valence-corrected chi connectivity index (χ3v) is 6.73. The number of carbonyl (C=O) groups excluding carboxylic acids is 1. The van der Waals surface area contributed by atoms with Gasteiger partial charge in [0.1, 0.15) is 5.82 Å². The van der Waals surface area contributed by atoms with Gasteiger partial charge in [0, 0.05) is 34.4 Å². The molecule has 156 valence electrons. The smallest absolute Gasteiger partial charge is 0.256 e. The first-order chi connectivity index (χ1) is 14.4. The fourth-order valence-corrected chi connectivity index (χ4v) is 4.75. The van der Waals surface area contributed by atoms with Crippen LogP contribution in [0.4, 0.5) is 10.1 Å². The molecule has 1 atom stereocenters. The Hall–Kier alpha value is -2.48. The van der Waals surface area contributed by atoms with Crippen molar-refractivity contribution in [3.8, 4) is 0 Å². The minimum atomic E-state index is -0.492. The third-order valence-electron chi connectivity index (χ3n) is 6.07. The van der Waals surface area contributed by atoms with Gasteiger partial charge in [0.05, 0.1) is 23.0 Å². The van der Waals surface area contributed by atoms with Crippen molar-refractivity contribution in [2.75, 3.05) is 12.3 Å². The van der Waals surface area contributed by atoms with Crippen molar-refractivity contribution in [3.63, 3.8) is 0 Å². The molecule has 1 amide bonds. The summed E-state index contributed by atoms with van der Waals surface area (Å²) in [5.41, 5.74) is 10.3. The summed E-state index contributed by atoms with van der Waals surface area (Å²) in [7, 11) is 0. The number of carbonyl (C=O) groups is 1. The Bertz CT molecular complexity index is 1160. The number of aryl methyl sites for hydroxylation is 1. The van der Waals surface area contributed by atoms with E-state index in [2.05, 4.69) is 22.0 Å². The van der Waals surface area contributed by atoms with Crippen LogP contribution in [0, 0.1) is 12.7 Å². The highest BCUT2D eigenvalue weighted by molar-refractivity contribution is 9.10. The van der Waals surface area contributed by atoms with Gasteiger partial charge in [0.15, 0.2) is 5.65 Å². The first-order valence-electron chi connectivity index (χ1n) is 10.3. The number of anilines is 1. The Morgan fingerprint density at radius 3 is 2.73 bits per heavy atom. The summed E-state index contributed by atoms with van der Waals surface area (Å²) in [4.78, 5) is 19.9. The van der Waals surface area contributed by atoms with Crippen molar-refractivity contribution in [1.82, 2.24) is 19.5 Å². The van der Waals surface area contributed by atoms with Crippen LogP contribution in [0.3, 0.4) is 0 Å². The van der Waals surface area contributed by atoms with E-state index in [0.717, 1.165) is 42.0 Å². The van der Waals surface area contributed by atoms with Gasteiger partial charge in [-0.25, -0.2) is 13.9 Å². The van der Waals surface area contributed by atoms with E-state index < -0.39 is 5.82 Å². The van der Waals surface area contributed by atoms with Crippen LogP contribution in [0.5, 0.6) is 0 Å². The van der Waals surface area contributed by atoms with E-state index in [1.54, 1.807) is 4.90 Å². The summed E-state index contributed by atoms with van der Waals surface area (Å²) in [6.07, 6.45) is 5.10. The molecule has 3 heterocycles. The molecule has 1 saturated heterocycles. The molecule has 30 heavy (non-hydrogen) atoms. The molecule has 5 rings (SSSR count). The summed E-state index contributed by atoms with van der Waals surface area (Å²) in [5, 5.41) is 4.79. The maximum Gasteiger partial charge on any atom is 0.256 e. The van der Waals surface area contributed by atoms with E-state index in [0.29, 0.717) is 16.9 Å². The number of hydrogen-bond donors (Lipinski definition) is 1. The molecule has 3 aromatic rings. The Balaban J connectivity index is 1.53. The third kappa shape index (κ3) is 3.37. The lowest BCUT2D eigenvalue weighted by Crippen LogP contribution is -2.39. The molecule has 8 heteroatoms. The molecule has 2 aliphatic rings. The number of rotatable bonds is 3. The van der Waals surface area contributed by atoms with Gasteiger partial charge in [-0.3, -0.25) is 4.79 Å². The second-order valence-corrected chi connectivity index (χ2v) is 9.15. The van der Waals surface area contributed by atoms with Crippen molar-refractivity contribution in [3.05, 3.63) is 57.2 Å². The largest absolute Gasteiger partial charge is 0.397 e. The molecule has 0 radical (unpaired) electrons. The number of halogens is 2. The van der Waals surface area contributed by atoms with E-state index in [9.17, 15) is 9.18 Å². The zero-order chi connectivity index (χ0) is 21.0. The highest BCUT2D eigenvalue weighted by Gasteiger charge is 2.33. The van der Waals surface area contributed by atoms with Gasteiger partial charge in [0.25, 0.3) is 5.91 Å². The summed E-state index contributed by atoms with van der Waals surface area (Å²) in [6.45, 7) is 2.62. The molecule has 0 bridgehead atoms. The van der Waals surface area contributed by atoms with Crippen LogP contribution in [0.1, 0.15) is 71.5 Å². The molecule has 6 nitrogen and oxygen atoms in total. The highest BCUT2D eigenvalue weighted by Crippen LogP contribution is 2.40. The first kappa shape index (κ1) is 19.5. The lowest BCUT2D eigenvalue weighted by Gasteiger charge is -2.35.